The summed E-state index contributed by atoms with van der Waals surface area (Å²) in [6.45, 7) is 1.65. The molecule has 0 saturated carbocycles. The van der Waals surface area contributed by atoms with Gasteiger partial charge < -0.3 is 10.2 Å². The Balaban J connectivity index is 2.43. The van der Waals surface area contributed by atoms with Crippen LogP contribution in [-0.2, 0) is 4.74 Å². The molecule has 0 amide bonds. The van der Waals surface area contributed by atoms with Gasteiger partial charge in [-0.2, -0.15) is 0 Å². The number of amidine groups is 1. The molecule has 0 aromatic carbocycles. The number of rotatable bonds is 1. The fraction of sp³-hybridized carbons (Fsp3) is 0.857. The zero-order valence-electron chi connectivity index (χ0n) is 6.84. The largest absolute Gasteiger partial charge is 0.381 e. The second-order valence-electron chi connectivity index (χ2n) is 2.64. The Morgan fingerprint density at radius 1 is 1.55 bits per heavy atom. The number of aliphatic imine (C=N–C) groups is 1. The number of nitrogens with zero attached hydrogens (tertiary/aromatic N) is 1. The van der Waals surface area contributed by atoms with E-state index in [1.165, 1.54) is 0 Å². The van der Waals surface area contributed by atoms with Crippen LogP contribution in [-0.4, -0.2) is 26.1 Å². The van der Waals surface area contributed by atoms with Gasteiger partial charge in [-0.15, -0.1) is 0 Å². The van der Waals surface area contributed by atoms with Gasteiger partial charge in [-0.25, -0.2) is 5.84 Å². The molecule has 0 spiro atoms. The predicted octanol–water partition coefficient (Wildman–Crippen LogP) is -0.0954. The molecule has 1 fully saturated rings. The van der Waals surface area contributed by atoms with Crippen LogP contribution >= 0.6 is 0 Å². The maximum absolute atomic E-state index is 5.29. The maximum Gasteiger partial charge on any atom is 0.113 e. The molecule has 1 heterocycles. The van der Waals surface area contributed by atoms with E-state index in [4.69, 9.17) is 10.6 Å². The highest BCUT2D eigenvalue weighted by Crippen LogP contribution is 2.14. The molecule has 4 nitrogen and oxygen atoms in total. The number of ether oxygens (including phenoxy) is 1. The van der Waals surface area contributed by atoms with E-state index in [9.17, 15) is 0 Å². The van der Waals surface area contributed by atoms with Gasteiger partial charge in [0.1, 0.15) is 5.84 Å². The van der Waals surface area contributed by atoms with Crippen LogP contribution in [0.2, 0.25) is 0 Å². The Hall–Kier alpha value is -0.610. The predicted molar refractivity (Wildman–Crippen MR) is 44.2 cm³/mol. The quantitative estimate of drug-likeness (QED) is 0.242. The summed E-state index contributed by atoms with van der Waals surface area (Å²) >= 11 is 0. The number of nitrogens with one attached hydrogen (secondary N) is 1. The fourth-order valence-corrected chi connectivity index (χ4v) is 1.34. The van der Waals surface area contributed by atoms with Crippen molar-refractivity contribution in [3.05, 3.63) is 0 Å². The molecule has 1 aliphatic heterocycles. The van der Waals surface area contributed by atoms with Gasteiger partial charge in [-0.1, -0.05) is 0 Å². The average molecular weight is 157 g/mol. The van der Waals surface area contributed by atoms with Gasteiger partial charge in [0, 0.05) is 26.2 Å². The Labute approximate surface area is 66.8 Å². The first-order valence-electron chi connectivity index (χ1n) is 3.89. The lowest BCUT2D eigenvalue weighted by Gasteiger charge is -2.22. The van der Waals surface area contributed by atoms with Crippen molar-refractivity contribution in [1.82, 2.24) is 5.43 Å². The van der Waals surface area contributed by atoms with Gasteiger partial charge >= 0.3 is 0 Å². The number of hydrogen-bond donors (Lipinski definition) is 2. The molecule has 0 radical (unpaired) electrons. The molecule has 0 aliphatic carbocycles. The second kappa shape index (κ2) is 4.31. The number of hydrogen-bond acceptors (Lipinski definition) is 3. The molecule has 0 aromatic rings. The van der Waals surface area contributed by atoms with Gasteiger partial charge in [0.2, 0.25) is 0 Å². The SMILES string of the molecule is CN=C(NN)C1CCOCC1. The molecular weight excluding hydrogens is 142 g/mol. The van der Waals surface area contributed by atoms with Crippen molar-refractivity contribution >= 4 is 5.84 Å². The van der Waals surface area contributed by atoms with Crippen molar-refractivity contribution in [2.24, 2.45) is 16.8 Å². The van der Waals surface area contributed by atoms with E-state index in [2.05, 4.69) is 10.4 Å². The summed E-state index contributed by atoms with van der Waals surface area (Å²) in [7, 11) is 1.75. The van der Waals surface area contributed by atoms with E-state index < -0.39 is 0 Å². The molecular formula is C7H15N3O. The highest BCUT2D eigenvalue weighted by atomic mass is 16.5. The molecule has 1 saturated heterocycles. The van der Waals surface area contributed by atoms with E-state index in [1.54, 1.807) is 7.05 Å². The first-order chi connectivity index (χ1) is 5.38. The minimum Gasteiger partial charge on any atom is -0.381 e. The summed E-state index contributed by atoms with van der Waals surface area (Å²) in [5, 5.41) is 0. The third-order valence-electron chi connectivity index (χ3n) is 2.00. The Morgan fingerprint density at radius 2 is 2.18 bits per heavy atom. The standard InChI is InChI=1S/C7H15N3O/c1-9-7(10-8)6-2-4-11-5-3-6/h6H,2-5,8H2,1H3,(H,9,10). The van der Waals surface area contributed by atoms with Crippen molar-refractivity contribution in [2.45, 2.75) is 12.8 Å². The Kier molecular flexibility index (Phi) is 3.32. The molecule has 11 heavy (non-hydrogen) atoms. The second-order valence-corrected chi connectivity index (χ2v) is 2.64. The lowest BCUT2D eigenvalue weighted by atomic mass is 9.99. The molecule has 0 bridgehead atoms. The van der Waals surface area contributed by atoms with E-state index in [-0.39, 0.29) is 0 Å². The van der Waals surface area contributed by atoms with E-state index in [0.29, 0.717) is 5.92 Å². The molecule has 1 rings (SSSR count). The smallest absolute Gasteiger partial charge is 0.113 e. The number of nitrogens with two attached hydrogens (primary N) is 1. The fourth-order valence-electron chi connectivity index (χ4n) is 1.34. The third kappa shape index (κ3) is 2.17. The zero-order chi connectivity index (χ0) is 8.10. The molecule has 0 aromatic heterocycles. The average Bonchev–Trinajstić information content (AvgIpc) is 2.09. The van der Waals surface area contributed by atoms with Crippen molar-refractivity contribution < 1.29 is 4.74 Å². The van der Waals surface area contributed by atoms with Gasteiger partial charge in [0.25, 0.3) is 0 Å². The van der Waals surface area contributed by atoms with Crippen LogP contribution in [0.15, 0.2) is 4.99 Å². The molecule has 1 aliphatic rings. The van der Waals surface area contributed by atoms with Gasteiger partial charge in [-0.3, -0.25) is 4.99 Å². The lowest BCUT2D eigenvalue weighted by Crippen LogP contribution is -2.38. The van der Waals surface area contributed by atoms with Crippen LogP contribution in [0.25, 0.3) is 0 Å². The van der Waals surface area contributed by atoms with Crippen LogP contribution in [0, 0.1) is 5.92 Å². The molecule has 64 valence electrons. The highest BCUT2D eigenvalue weighted by molar-refractivity contribution is 5.83. The van der Waals surface area contributed by atoms with Crippen LogP contribution in [0.3, 0.4) is 0 Å². The first-order valence-corrected chi connectivity index (χ1v) is 3.89. The van der Waals surface area contributed by atoms with Crippen LogP contribution in [0.1, 0.15) is 12.8 Å². The summed E-state index contributed by atoms with van der Waals surface area (Å²) in [4.78, 5) is 4.06. The van der Waals surface area contributed by atoms with Gasteiger partial charge in [-0.05, 0) is 12.8 Å². The van der Waals surface area contributed by atoms with E-state index >= 15 is 0 Å². The van der Waals surface area contributed by atoms with Crippen molar-refractivity contribution in [3.8, 4) is 0 Å². The normalized spacial score (nSPS) is 21.8. The lowest BCUT2D eigenvalue weighted by molar-refractivity contribution is 0.0820. The molecule has 0 unspecified atom stereocenters. The van der Waals surface area contributed by atoms with Gasteiger partial charge in [0.15, 0.2) is 0 Å². The van der Waals surface area contributed by atoms with E-state index in [1.807, 2.05) is 0 Å². The molecule has 3 N–H and O–H groups in total. The Bertz CT molecular complexity index is 141. The summed E-state index contributed by atoms with van der Waals surface area (Å²) < 4.78 is 5.22. The zero-order valence-corrected chi connectivity index (χ0v) is 6.84. The first kappa shape index (κ1) is 8.49. The van der Waals surface area contributed by atoms with E-state index in [0.717, 1.165) is 31.9 Å². The van der Waals surface area contributed by atoms with Crippen LogP contribution < -0.4 is 11.3 Å². The summed E-state index contributed by atoms with van der Waals surface area (Å²) in [5.74, 6) is 6.66. The maximum atomic E-state index is 5.29. The minimum absolute atomic E-state index is 0.471. The van der Waals surface area contributed by atoms with Gasteiger partial charge in [0.05, 0.1) is 0 Å². The minimum atomic E-state index is 0.471. The third-order valence-corrected chi connectivity index (χ3v) is 2.00. The van der Waals surface area contributed by atoms with Crippen LogP contribution in [0.4, 0.5) is 0 Å². The monoisotopic (exact) mass is 157 g/mol. The number of hydrazine groups is 1. The van der Waals surface area contributed by atoms with Crippen molar-refractivity contribution in [3.63, 3.8) is 0 Å². The summed E-state index contributed by atoms with van der Waals surface area (Å²) in [5.41, 5.74) is 2.62. The molecule has 0 atom stereocenters. The van der Waals surface area contributed by atoms with Crippen molar-refractivity contribution in [2.75, 3.05) is 20.3 Å². The Morgan fingerprint density at radius 3 is 2.64 bits per heavy atom. The molecule has 4 heteroatoms. The summed E-state index contributed by atoms with van der Waals surface area (Å²) in [6, 6.07) is 0. The van der Waals surface area contributed by atoms with Crippen molar-refractivity contribution in [1.29, 1.82) is 0 Å². The summed E-state index contributed by atoms with van der Waals surface area (Å²) in [6.07, 6.45) is 2.05. The topological polar surface area (TPSA) is 59.6 Å². The highest BCUT2D eigenvalue weighted by Gasteiger charge is 2.17. The van der Waals surface area contributed by atoms with Crippen LogP contribution in [0.5, 0.6) is 0 Å².